The van der Waals surface area contributed by atoms with Crippen LogP contribution in [0.4, 0.5) is 20.2 Å². The minimum Gasteiger partial charge on any atom is -0.396 e. The first-order chi connectivity index (χ1) is 9.40. The molecule has 0 bridgehead atoms. The predicted octanol–water partition coefficient (Wildman–Crippen LogP) is 3.87. The smallest absolute Gasteiger partial charge is 0.256 e. The highest BCUT2D eigenvalue weighted by Crippen LogP contribution is 2.24. The number of halogens is 3. The van der Waals surface area contributed by atoms with Gasteiger partial charge in [-0.25, -0.2) is 8.78 Å². The Morgan fingerprint density at radius 2 is 1.95 bits per heavy atom. The van der Waals surface area contributed by atoms with Crippen LogP contribution in [-0.2, 0) is 0 Å². The average molecular weight is 341 g/mol. The van der Waals surface area contributed by atoms with Crippen LogP contribution >= 0.6 is 15.9 Å². The number of rotatable bonds is 2. The van der Waals surface area contributed by atoms with E-state index in [0.717, 1.165) is 16.1 Å². The molecule has 0 radical (unpaired) electrons. The molecule has 2 aromatic carbocycles. The molecule has 0 fully saturated rings. The zero-order chi connectivity index (χ0) is 14.9. The number of hydrogen-bond acceptors (Lipinski definition) is 2. The molecule has 0 spiro atoms. The lowest BCUT2D eigenvalue weighted by Gasteiger charge is -2.10. The van der Waals surface area contributed by atoms with Crippen molar-refractivity contribution in [3.8, 4) is 0 Å². The summed E-state index contributed by atoms with van der Waals surface area (Å²) in [6.07, 6.45) is 0. The molecule has 0 saturated carbocycles. The Bertz CT molecular complexity index is 689. The molecule has 3 N–H and O–H groups in total. The lowest BCUT2D eigenvalue weighted by molar-refractivity contribution is 0.102. The largest absolute Gasteiger partial charge is 0.396 e. The number of nitrogen functional groups attached to an aromatic ring is 1. The Balaban J connectivity index is 2.33. The van der Waals surface area contributed by atoms with Crippen molar-refractivity contribution in [1.29, 1.82) is 0 Å². The normalized spacial score (nSPS) is 10.4. The van der Waals surface area contributed by atoms with Crippen LogP contribution in [-0.4, -0.2) is 5.91 Å². The van der Waals surface area contributed by atoms with Crippen LogP contribution in [0, 0.1) is 18.6 Å². The standard InChI is InChI=1S/C14H11BrF2N2O/c1-7-8(3-2-4-9(7)15)14(20)19-13-6-12(18)10(16)5-11(13)17/h2-6H,18H2,1H3,(H,19,20). The van der Waals surface area contributed by atoms with Crippen molar-refractivity contribution in [2.75, 3.05) is 11.1 Å². The van der Waals surface area contributed by atoms with Gasteiger partial charge in [-0.05, 0) is 30.7 Å². The second-order valence-electron chi connectivity index (χ2n) is 4.22. The third-order valence-corrected chi connectivity index (χ3v) is 3.71. The van der Waals surface area contributed by atoms with Crippen molar-refractivity contribution in [2.24, 2.45) is 0 Å². The van der Waals surface area contributed by atoms with Crippen LogP contribution in [0.5, 0.6) is 0 Å². The summed E-state index contributed by atoms with van der Waals surface area (Å²) in [5.74, 6) is -2.23. The van der Waals surface area contributed by atoms with Crippen molar-refractivity contribution in [3.63, 3.8) is 0 Å². The molecule has 0 aromatic heterocycles. The van der Waals surface area contributed by atoms with Gasteiger partial charge in [0.15, 0.2) is 0 Å². The number of nitrogens with one attached hydrogen (secondary N) is 1. The van der Waals surface area contributed by atoms with E-state index in [2.05, 4.69) is 21.2 Å². The summed E-state index contributed by atoms with van der Waals surface area (Å²) < 4.78 is 27.4. The van der Waals surface area contributed by atoms with Gasteiger partial charge in [-0.3, -0.25) is 4.79 Å². The first kappa shape index (κ1) is 14.5. The van der Waals surface area contributed by atoms with Crippen molar-refractivity contribution < 1.29 is 13.6 Å². The highest BCUT2D eigenvalue weighted by Gasteiger charge is 2.14. The minimum atomic E-state index is -0.877. The van der Waals surface area contributed by atoms with Gasteiger partial charge in [0.25, 0.3) is 5.91 Å². The van der Waals surface area contributed by atoms with Crippen LogP contribution in [0.2, 0.25) is 0 Å². The number of carbonyl (C=O) groups excluding carboxylic acids is 1. The second-order valence-corrected chi connectivity index (χ2v) is 5.07. The van der Waals surface area contributed by atoms with Crippen molar-refractivity contribution in [1.82, 2.24) is 0 Å². The van der Waals surface area contributed by atoms with E-state index in [9.17, 15) is 13.6 Å². The molecule has 0 aliphatic carbocycles. The SMILES string of the molecule is Cc1c(Br)cccc1C(=O)Nc1cc(N)c(F)cc1F. The van der Waals surface area contributed by atoms with E-state index in [1.54, 1.807) is 25.1 Å². The molecule has 0 aliphatic heterocycles. The molecular weight excluding hydrogens is 330 g/mol. The Labute approximate surface area is 122 Å². The molecule has 3 nitrogen and oxygen atoms in total. The molecule has 2 rings (SSSR count). The molecule has 104 valence electrons. The lowest BCUT2D eigenvalue weighted by atomic mass is 10.1. The number of benzene rings is 2. The predicted molar refractivity (Wildman–Crippen MR) is 77.6 cm³/mol. The fourth-order valence-electron chi connectivity index (χ4n) is 1.70. The molecule has 20 heavy (non-hydrogen) atoms. The highest BCUT2D eigenvalue weighted by atomic mass is 79.9. The quantitative estimate of drug-likeness (QED) is 0.815. The van der Waals surface area contributed by atoms with Crippen LogP contribution < -0.4 is 11.1 Å². The fourth-order valence-corrected chi connectivity index (χ4v) is 2.07. The lowest BCUT2D eigenvalue weighted by Crippen LogP contribution is -2.15. The summed E-state index contributed by atoms with van der Waals surface area (Å²) in [5.41, 5.74) is 6.08. The maximum atomic E-state index is 13.6. The summed E-state index contributed by atoms with van der Waals surface area (Å²) in [6, 6.07) is 6.79. The van der Waals surface area contributed by atoms with E-state index < -0.39 is 17.5 Å². The first-order valence-corrected chi connectivity index (χ1v) is 6.50. The molecule has 0 aliphatic rings. The molecule has 0 heterocycles. The molecule has 0 atom stereocenters. The third-order valence-electron chi connectivity index (χ3n) is 2.85. The topological polar surface area (TPSA) is 55.1 Å². The van der Waals surface area contributed by atoms with Gasteiger partial charge in [-0.1, -0.05) is 22.0 Å². The number of hydrogen-bond donors (Lipinski definition) is 2. The van der Waals surface area contributed by atoms with Crippen LogP contribution in [0.15, 0.2) is 34.8 Å². The van der Waals surface area contributed by atoms with Gasteiger partial charge in [0.1, 0.15) is 11.6 Å². The van der Waals surface area contributed by atoms with Crippen molar-refractivity contribution in [3.05, 3.63) is 57.6 Å². The number of anilines is 2. The van der Waals surface area contributed by atoms with Crippen LogP contribution in [0.1, 0.15) is 15.9 Å². The van der Waals surface area contributed by atoms with E-state index in [-0.39, 0.29) is 11.4 Å². The van der Waals surface area contributed by atoms with Gasteiger partial charge in [0.05, 0.1) is 11.4 Å². The van der Waals surface area contributed by atoms with E-state index in [4.69, 9.17) is 5.73 Å². The molecule has 0 unspecified atom stereocenters. The van der Waals surface area contributed by atoms with Crippen LogP contribution in [0.25, 0.3) is 0 Å². The van der Waals surface area contributed by atoms with E-state index in [0.29, 0.717) is 11.6 Å². The number of amides is 1. The highest BCUT2D eigenvalue weighted by molar-refractivity contribution is 9.10. The summed E-state index contributed by atoms with van der Waals surface area (Å²) in [6.45, 7) is 1.76. The summed E-state index contributed by atoms with van der Waals surface area (Å²) in [5, 5.41) is 2.38. The Hall–Kier alpha value is -1.95. The van der Waals surface area contributed by atoms with Gasteiger partial charge < -0.3 is 11.1 Å². The van der Waals surface area contributed by atoms with Gasteiger partial charge in [-0.2, -0.15) is 0 Å². The second kappa shape index (κ2) is 5.58. The Morgan fingerprint density at radius 3 is 2.65 bits per heavy atom. The zero-order valence-electron chi connectivity index (χ0n) is 10.5. The number of nitrogens with two attached hydrogens (primary N) is 1. The fraction of sp³-hybridized carbons (Fsp3) is 0.0714. The third kappa shape index (κ3) is 2.80. The molecule has 2 aromatic rings. The van der Waals surface area contributed by atoms with Crippen molar-refractivity contribution in [2.45, 2.75) is 6.92 Å². The summed E-state index contributed by atoms with van der Waals surface area (Å²) in [7, 11) is 0. The molecule has 1 amide bonds. The van der Waals surface area contributed by atoms with Gasteiger partial charge in [-0.15, -0.1) is 0 Å². The Kier molecular flexibility index (Phi) is 4.04. The van der Waals surface area contributed by atoms with Crippen molar-refractivity contribution >= 4 is 33.2 Å². The van der Waals surface area contributed by atoms with E-state index in [1.165, 1.54) is 0 Å². The van der Waals surface area contributed by atoms with Gasteiger partial charge in [0, 0.05) is 16.1 Å². The summed E-state index contributed by atoms with van der Waals surface area (Å²) >= 11 is 3.31. The van der Waals surface area contributed by atoms with Gasteiger partial charge >= 0.3 is 0 Å². The molecular formula is C14H11BrF2N2O. The zero-order valence-corrected chi connectivity index (χ0v) is 12.1. The average Bonchev–Trinajstić information content (AvgIpc) is 2.39. The number of carbonyl (C=O) groups is 1. The van der Waals surface area contributed by atoms with Crippen LogP contribution in [0.3, 0.4) is 0 Å². The molecule has 6 heteroatoms. The maximum Gasteiger partial charge on any atom is 0.256 e. The van der Waals surface area contributed by atoms with Gasteiger partial charge in [0.2, 0.25) is 0 Å². The molecule has 0 saturated heterocycles. The summed E-state index contributed by atoms with van der Waals surface area (Å²) in [4.78, 5) is 12.1. The minimum absolute atomic E-state index is 0.159. The maximum absolute atomic E-state index is 13.6. The Morgan fingerprint density at radius 1 is 1.25 bits per heavy atom. The first-order valence-electron chi connectivity index (χ1n) is 5.71. The monoisotopic (exact) mass is 340 g/mol. The van der Waals surface area contributed by atoms with E-state index >= 15 is 0 Å². The van der Waals surface area contributed by atoms with E-state index in [1.807, 2.05) is 0 Å².